The topological polar surface area (TPSA) is 169 Å². The second-order valence-corrected chi connectivity index (χ2v) is 10.0. The van der Waals surface area contributed by atoms with Crippen molar-refractivity contribution in [1.82, 2.24) is 0 Å². The lowest BCUT2D eigenvalue weighted by Crippen LogP contribution is -2.36. The van der Waals surface area contributed by atoms with Gasteiger partial charge >= 0.3 is 5.97 Å². The van der Waals surface area contributed by atoms with Gasteiger partial charge in [0, 0.05) is 16.8 Å². The Hall–Kier alpha value is -3.89. The number of carboxylic acid groups (broad SMARTS) is 1. The van der Waals surface area contributed by atoms with E-state index >= 15 is 0 Å². The van der Waals surface area contributed by atoms with E-state index in [9.17, 15) is 18.3 Å². The van der Waals surface area contributed by atoms with Crippen molar-refractivity contribution in [2.24, 2.45) is 11.5 Å². The summed E-state index contributed by atoms with van der Waals surface area (Å²) in [6, 6.07) is 18.2. The molecule has 9 nitrogen and oxygen atoms in total. The van der Waals surface area contributed by atoms with Gasteiger partial charge in [-0.2, -0.15) is 0 Å². The Kier molecular flexibility index (Phi) is 8.10. The highest BCUT2D eigenvalue weighted by Crippen LogP contribution is 2.30. The molecule has 0 bridgehead atoms. The van der Waals surface area contributed by atoms with Crippen molar-refractivity contribution >= 4 is 27.3 Å². The van der Waals surface area contributed by atoms with Crippen LogP contribution in [0.2, 0.25) is 0 Å². The van der Waals surface area contributed by atoms with Crippen LogP contribution in [0.15, 0.2) is 77.7 Å². The molecule has 0 fully saturated rings. The standard InChI is InChI=1S/C25H28N4O5S/c1-2-16-8-13-21(34-15-22(26)35(32,33)19-6-4-3-5-7-19)20(14-16)23(25(30)31)29-18-11-9-17(10-12-18)24(27)28/h3-14,22-23,29H,2,15,26H2,1H3,(H3,27,28)(H,30,31). The van der Waals surface area contributed by atoms with E-state index in [1.54, 1.807) is 60.7 Å². The zero-order valence-corrected chi connectivity index (χ0v) is 20.0. The number of nitrogen functional groups attached to an aromatic ring is 1. The number of amidine groups is 1. The van der Waals surface area contributed by atoms with Gasteiger partial charge in [-0.1, -0.05) is 31.2 Å². The number of rotatable bonds is 11. The highest BCUT2D eigenvalue weighted by atomic mass is 32.2. The molecule has 0 aliphatic carbocycles. The first-order valence-electron chi connectivity index (χ1n) is 10.9. The summed E-state index contributed by atoms with van der Waals surface area (Å²) in [6.45, 7) is 1.57. The van der Waals surface area contributed by atoms with Gasteiger partial charge in [-0.3, -0.25) is 5.41 Å². The number of carbonyl (C=O) groups is 1. The van der Waals surface area contributed by atoms with Crippen molar-refractivity contribution < 1.29 is 23.1 Å². The lowest BCUT2D eigenvalue weighted by molar-refractivity contribution is -0.138. The average molecular weight is 497 g/mol. The highest BCUT2D eigenvalue weighted by molar-refractivity contribution is 7.92. The van der Waals surface area contributed by atoms with Gasteiger partial charge in [0.05, 0.1) is 4.90 Å². The van der Waals surface area contributed by atoms with E-state index in [0.717, 1.165) is 5.56 Å². The molecule has 2 unspecified atom stereocenters. The molecular formula is C25H28N4O5S. The normalized spacial score (nSPS) is 13.0. The van der Waals surface area contributed by atoms with Gasteiger partial charge in [-0.05, 0) is 60.5 Å². The van der Waals surface area contributed by atoms with E-state index in [1.807, 2.05) is 6.92 Å². The number of nitrogens with two attached hydrogens (primary N) is 2. The van der Waals surface area contributed by atoms with E-state index in [0.29, 0.717) is 23.2 Å². The highest BCUT2D eigenvalue weighted by Gasteiger charge is 2.27. The molecule has 0 saturated carbocycles. The minimum absolute atomic E-state index is 0.0803. The quantitative estimate of drug-likeness (QED) is 0.199. The maximum absolute atomic E-state index is 12.8. The number of hydrogen-bond donors (Lipinski definition) is 5. The third kappa shape index (κ3) is 6.17. The summed E-state index contributed by atoms with van der Waals surface area (Å²) in [5.74, 6) is -1.04. The summed E-state index contributed by atoms with van der Waals surface area (Å²) in [5, 5.41) is 19.1. The van der Waals surface area contributed by atoms with E-state index < -0.39 is 27.2 Å². The molecule has 2 atom stereocenters. The van der Waals surface area contributed by atoms with Gasteiger partial charge in [0.15, 0.2) is 15.9 Å². The number of benzene rings is 3. The third-order valence-electron chi connectivity index (χ3n) is 5.42. The van der Waals surface area contributed by atoms with Crippen molar-refractivity contribution in [3.8, 4) is 5.75 Å². The lowest BCUT2D eigenvalue weighted by Gasteiger charge is -2.22. The Bertz CT molecular complexity index is 1300. The molecule has 10 heteroatoms. The predicted octanol–water partition coefficient (Wildman–Crippen LogP) is 2.91. The third-order valence-corrected chi connectivity index (χ3v) is 7.28. The molecule has 3 aromatic carbocycles. The van der Waals surface area contributed by atoms with Crippen LogP contribution in [0.25, 0.3) is 0 Å². The van der Waals surface area contributed by atoms with Crippen LogP contribution in [-0.4, -0.2) is 37.3 Å². The van der Waals surface area contributed by atoms with Crippen LogP contribution in [0.4, 0.5) is 5.69 Å². The van der Waals surface area contributed by atoms with E-state index in [-0.39, 0.29) is 23.1 Å². The molecule has 0 spiro atoms. The van der Waals surface area contributed by atoms with Gasteiger partial charge in [0.2, 0.25) is 0 Å². The molecule has 3 aromatic rings. The second-order valence-electron chi connectivity index (χ2n) is 7.84. The first-order chi connectivity index (χ1) is 16.6. The fourth-order valence-corrected chi connectivity index (χ4v) is 4.54. The number of hydrogen-bond acceptors (Lipinski definition) is 7. The molecule has 0 aromatic heterocycles. The molecule has 0 amide bonds. The maximum atomic E-state index is 12.8. The first kappa shape index (κ1) is 25.7. The molecule has 184 valence electrons. The molecule has 35 heavy (non-hydrogen) atoms. The monoisotopic (exact) mass is 496 g/mol. The van der Waals surface area contributed by atoms with Crippen molar-refractivity contribution in [3.63, 3.8) is 0 Å². The molecule has 0 heterocycles. The summed E-state index contributed by atoms with van der Waals surface area (Å²) in [7, 11) is -3.84. The van der Waals surface area contributed by atoms with Gasteiger partial charge in [-0.25, -0.2) is 13.2 Å². The number of sulfone groups is 1. The van der Waals surface area contributed by atoms with Crippen LogP contribution in [-0.2, 0) is 21.1 Å². The SMILES string of the molecule is CCc1ccc(OCC(N)S(=O)(=O)c2ccccc2)c(C(Nc2ccc(C(=N)N)cc2)C(=O)O)c1. The zero-order chi connectivity index (χ0) is 25.6. The van der Waals surface area contributed by atoms with Crippen LogP contribution < -0.4 is 21.5 Å². The van der Waals surface area contributed by atoms with Gasteiger partial charge in [-0.15, -0.1) is 0 Å². The Labute approximate surface area is 204 Å². The Morgan fingerprint density at radius 2 is 1.74 bits per heavy atom. The fourth-order valence-electron chi connectivity index (χ4n) is 3.41. The first-order valence-corrected chi connectivity index (χ1v) is 12.4. The molecule has 0 aliphatic rings. The summed E-state index contributed by atoms with van der Waals surface area (Å²) >= 11 is 0. The minimum atomic E-state index is -3.84. The molecule has 3 rings (SSSR count). The molecule has 0 saturated heterocycles. The smallest absolute Gasteiger partial charge is 0.330 e. The summed E-state index contributed by atoms with van der Waals surface area (Å²) in [4.78, 5) is 12.3. The maximum Gasteiger partial charge on any atom is 0.330 e. The van der Waals surface area contributed by atoms with Gasteiger partial charge in [0.1, 0.15) is 23.6 Å². The number of nitrogens with one attached hydrogen (secondary N) is 2. The van der Waals surface area contributed by atoms with Crippen LogP contribution in [0.1, 0.15) is 29.7 Å². The Morgan fingerprint density at radius 3 is 2.31 bits per heavy atom. The van der Waals surface area contributed by atoms with Crippen LogP contribution in [0.5, 0.6) is 5.75 Å². The Balaban J connectivity index is 1.88. The molecule has 0 radical (unpaired) electrons. The molecule has 0 aliphatic heterocycles. The number of ether oxygens (including phenoxy) is 1. The van der Waals surface area contributed by atoms with Gasteiger partial charge < -0.3 is 26.6 Å². The van der Waals surface area contributed by atoms with E-state index in [4.69, 9.17) is 21.6 Å². The lowest BCUT2D eigenvalue weighted by atomic mass is 10.0. The van der Waals surface area contributed by atoms with Gasteiger partial charge in [0.25, 0.3) is 0 Å². The number of aliphatic carboxylic acids is 1. The summed E-state index contributed by atoms with van der Waals surface area (Å²) in [5.41, 5.74) is 13.7. The average Bonchev–Trinajstić information content (AvgIpc) is 2.86. The van der Waals surface area contributed by atoms with Crippen molar-refractivity contribution in [2.75, 3.05) is 11.9 Å². The minimum Gasteiger partial charge on any atom is -0.490 e. The number of aryl methyl sites for hydroxylation is 1. The summed E-state index contributed by atoms with van der Waals surface area (Å²) < 4.78 is 31.3. The predicted molar refractivity (Wildman–Crippen MR) is 134 cm³/mol. The number of carboxylic acids is 1. The summed E-state index contributed by atoms with van der Waals surface area (Å²) in [6.07, 6.45) is 0.662. The van der Waals surface area contributed by atoms with E-state index in [1.165, 1.54) is 12.1 Å². The van der Waals surface area contributed by atoms with Crippen LogP contribution >= 0.6 is 0 Å². The van der Waals surface area contributed by atoms with Crippen LogP contribution in [0, 0.1) is 5.41 Å². The van der Waals surface area contributed by atoms with Crippen LogP contribution in [0.3, 0.4) is 0 Å². The Morgan fingerprint density at radius 1 is 1.09 bits per heavy atom. The van der Waals surface area contributed by atoms with E-state index in [2.05, 4.69) is 5.32 Å². The van der Waals surface area contributed by atoms with Crippen molar-refractivity contribution in [3.05, 3.63) is 89.5 Å². The number of anilines is 1. The largest absolute Gasteiger partial charge is 0.490 e. The fraction of sp³-hybridized carbons (Fsp3) is 0.200. The molecule has 7 N–H and O–H groups in total. The second kappa shape index (κ2) is 11.0. The van der Waals surface area contributed by atoms with Crippen molar-refractivity contribution in [1.29, 1.82) is 5.41 Å². The molecular weight excluding hydrogens is 468 g/mol. The zero-order valence-electron chi connectivity index (χ0n) is 19.1. The van der Waals surface area contributed by atoms with Crippen molar-refractivity contribution in [2.45, 2.75) is 29.7 Å².